The predicted octanol–water partition coefficient (Wildman–Crippen LogP) is 3.87. The fraction of sp³-hybridized carbons (Fsp3) is 0.429. The molecule has 1 amide bonds. The molecule has 0 fully saturated rings. The highest BCUT2D eigenvalue weighted by molar-refractivity contribution is 6.06. The van der Waals surface area contributed by atoms with Crippen molar-refractivity contribution in [2.45, 2.75) is 31.8 Å². The molecule has 1 heterocycles. The molecule has 0 saturated carbocycles. The maximum Gasteiger partial charge on any atom is 0.428 e. The summed E-state index contributed by atoms with van der Waals surface area (Å²) in [4.78, 5) is 11.0. The second-order valence-electron chi connectivity index (χ2n) is 5.08. The molecule has 0 unspecified atom stereocenters. The molecular formula is C14H12F6N2O3. The molecule has 1 aromatic carbocycles. The smallest absolute Gasteiger partial charge is 0.428 e. The summed E-state index contributed by atoms with van der Waals surface area (Å²) in [6, 6.07) is 2.77. The summed E-state index contributed by atoms with van der Waals surface area (Å²) in [5.41, 5.74) is 0.746. The Bertz CT molecular complexity index is 684. The summed E-state index contributed by atoms with van der Waals surface area (Å²) in [5.74, 6) is -0.727. The maximum absolute atomic E-state index is 13.2. The molecule has 138 valence electrons. The average Bonchev–Trinajstić information content (AvgIpc) is 2.45. The van der Waals surface area contributed by atoms with Crippen molar-refractivity contribution in [3.8, 4) is 5.75 Å². The van der Waals surface area contributed by atoms with Crippen molar-refractivity contribution in [1.29, 1.82) is 0 Å². The van der Waals surface area contributed by atoms with Crippen LogP contribution in [0.25, 0.3) is 0 Å². The Morgan fingerprint density at radius 2 is 1.92 bits per heavy atom. The first-order valence-electron chi connectivity index (χ1n) is 6.93. The maximum atomic E-state index is 13.2. The molecule has 5 nitrogen and oxygen atoms in total. The monoisotopic (exact) mass is 370 g/mol. The summed E-state index contributed by atoms with van der Waals surface area (Å²) in [7, 11) is 0. The van der Waals surface area contributed by atoms with Crippen LogP contribution in [-0.4, -0.2) is 30.7 Å². The molecule has 0 aromatic heterocycles. The molecule has 2 rings (SSSR count). The van der Waals surface area contributed by atoms with E-state index in [0.717, 1.165) is 6.07 Å². The minimum absolute atomic E-state index is 0.0111. The zero-order valence-electron chi connectivity index (χ0n) is 12.7. The largest absolute Gasteiger partial charge is 0.493 e. The highest BCUT2D eigenvalue weighted by Crippen LogP contribution is 2.37. The topological polar surface area (TPSA) is 59.9 Å². The SMILES string of the molecule is C[C@@H]1OC(=O)NN=C1c1ccc(OCCC(F)(F)F)c(C(F)(F)F)c1. The van der Waals surface area contributed by atoms with Crippen LogP contribution in [0.4, 0.5) is 31.1 Å². The van der Waals surface area contributed by atoms with Gasteiger partial charge in [-0.25, -0.2) is 10.2 Å². The molecule has 1 aliphatic heterocycles. The first kappa shape index (κ1) is 18.9. The fourth-order valence-corrected chi connectivity index (χ4v) is 2.05. The van der Waals surface area contributed by atoms with Crippen LogP contribution in [0.3, 0.4) is 0 Å². The molecule has 0 aliphatic carbocycles. The summed E-state index contributed by atoms with van der Waals surface area (Å²) in [6.07, 6.45) is -12.5. The molecule has 0 radical (unpaired) electrons. The number of ether oxygens (including phenoxy) is 2. The molecule has 0 saturated heterocycles. The highest BCUT2D eigenvalue weighted by Gasteiger charge is 2.36. The zero-order chi connectivity index (χ0) is 18.8. The van der Waals surface area contributed by atoms with Gasteiger partial charge in [0.15, 0.2) is 0 Å². The predicted molar refractivity (Wildman–Crippen MR) is 73.2 cm³/mol. The van der Waals surface area contributed by atoms with Gasteiger partial charge in [-0.05, 0) is 25.1 Å². The summed E-state index contributed by atoms with van der Waals surface area (Å²) in [6.45, 7) is 0.473. The Balaban J connectivity index is 2.30. The van der Waals surface area contributed by atoms with Gasteiger partial charge in [0.2, 0.25) is 0 Å². The third-order valence-corrected chi connectivity index (χ3v) is 3.16. The van der Waals surface area contributed by atoms with E-state index in [4.69, 9.17) is 4.74 Å². The molecule has 1 atom stereocenters. The van der Waals surface area contributed by atoms with Gasteiger partial charge in [0.05, 0.1) is 18.6 Å². The van der Waals surface area contributed by atoms with Crippen molar-refractivity contribution in [3.63, 3.8) is 0 Å². The number of carbonyl (C=O) groups is 1. The summed E-state index contributed by atoms with van der Waals surface area (Å²) in [5, 5.41) is 3.64. The van der Waals surface area contributed by atoms with E-state index in [-0.39, 0.29) is 11.3 Å². The van der Waals surface area contributed by atoms with Crippen LogP contribution in [0.2, 0.25) is 0 Å². The number of halogens is 6. The van der Waals surface area contributed by atoms with E-state index in [2.05, 4.69) is 9.84 Å². The van der Waals surface area contributed by atoms with Crippen molar-refractivity contribution in [3.05, 3.63) is 29.3 Å². The van der Waals surface area contributed by atoms with Crippen molar-refractivity contribution < 1.29 is 40.6 Å². The van der Waals surface area contributed by atoms with Crippen molar-refractivity contribution in [2.75, 3.05) is 6.61 Å². The number of hydrogen-bond donors (Lipinski definition) is 1. The number of rotatable bonds is 4. The van der Waals surface area contributed by atoms with Crippen LogP contribution in [0.15, 0.2) is 23.3 Å². The quantitative estimate of drug-likeness (QED) is 0.819. The van der Waals surface area contributed by atoms with Gasteiger partial charge in [-0.1, -0.05) is 0 Å². The van der Waals surface area contributed by atoms with Crippen LogP contribution in [0.5, 0.6) is 5.75 Å². The van der Waals surface area contributed by atoms with Crippen molar-refractivity contribution in [2.24, 2.45) is 5.10 Å². The Hall–Kier alpha value is -2.46. The van der Waals surface area contributed by atoms with E-state index in [0.29, 0.717) is 6.07 Å². The normalized spacial score (nSPS) is 18.3. The van der Waals surface area contributed by atoms with E-state index in [1.54, 1.807) is 0 Å². The van der Waals surface area contributed by atoms with Crippen molar-refractivity contribution in [1.82, 2.24) is 5.43 Å². The lowest BCUT2D eigenvalue weighted by Crippen LogP contribution is -2.37. The van der Waals surface area contributed by atoms with E-state index >= 15 is 0 Å². The highest BCUT2D eigenvalue weighted by atomic mass is 19.4. The lowest BCUT2D eigenvalue weighted by Gasteiger charge is -2.21. The van der Waals surface area contributed by atoms with Gasteiger partial charge in [-0.2, -0.15) is 31.4 Å². The molecule has 0 bridgehead atoms. The number of alkyl halides is 6. The Labute approximate surface area is 137 Å². The minimum atomic E-state index is -4.86. The first-order valence-corrected chi connectivity index (χ1v) is 6.93. The number of nitrogens with one attached hydrogen (secondary N) is 1. The number of hydrazone groups is 1. The van der Waals surface area contributed by atoms with Gasteiger partial charge in [-0.3, -0.25) is 0 Å². The molecule has 0 spiro atoms. The van der Waals surface area contributed by atoms with E-state index < -0.39 is 48.9 Å². The number of cyclic esters (lactones) is 1. The van der Waals surface area contributed by atoms with Gasteiger partial charge in [0.25, 0.3) is 0 Å². The Kier molecular flexibility index (Phi) is 5.14. The van der Waals surface area contributed by atoms with Crippen molar-refractivity contribution >= 4 is 11.8 Å². The lowest BCUT2D eigenvalue weighted by atomic mass is 10.0. The number of benzene rings is 1. The van der Waals surface area contributed by atoms with E-state index in [1.165, 1.54) is 13.0 Å². The summed E-state index contributed by atoms with van der Waals surface area (Å²) >= 11 is 0. The first-order chi connectivity index (χ1) is 11.5. The molecular weight excluding hydrogens is 358 g/mol. The number of carbonyl (C=O) groups excluding carboxylic acids is 1. The second-order valence-corrected chi connectivity index (χ2v) is 5.08. The minimum Gasteiger partial charge on any atom is -0.493 e. The zero-order valence-corrected chi connectivity index (χ0v) is 12.7. The van der Waals surface area contributed by atoms with Gasteiger partial charge in [-0.15, -0.1) is 0 Å². The second kappa shape index (κ2) is 6.81. The Morgan fingerprint density at radius 1 is 1.24 bits per heavy atom. The molecule has 1 N–H and O–H groups in total. The van der Waals surface area contributed by atoms with Crippen LogP contribution in [-0.2, 0) is 10.9 Å². The molecule has 1 aliphatic rings. The van der Waals surface area contributed by atoms with Gasteiger partial charge in [0.1, 0.15) is 17.6 Å². The third-order valence-electron chi connectivity index (χ3n) is 3.16. The van der Waals surface area contributed by atoms with E-state index in [9.17, 15) is 31.1 Å². The average molecular weight is 370 g/mol. The third kappa shape index (κ3) is 5.00. The summed E-state index contributed by atoms with van der Waals surface area (Å²) < 4.78 is 85.3. The number of amides is 1. The lowest BCUT2D eigenvalue weighted by molar-refractivity contribution is -0.143. The van der Waals surface area contributed by atoms with Crippen LogP contribution < -0.4 is 10.2 Å². The Morgan fingerprint density at radius 3 is 2.48 bits per heavy atom. The van der Waals surface area contributed by atoms with Crippen LogP contribution in [0, 0.1) is 0 Å². The molecule has 25 heavy (non-hydrogen) atoms. The van der Waals surface area contributed by atoms with Gasteiger partial charge < -0.3 is 9.47 Å². The number of nitrogens with zero attached hydrogens (tertiary/aromatic N) is 1. The fourth-order valence-electron chi connectivity index (χ4n) is 2.05. The van der Waals surface area contributed by atoms with Crippen LogP contribution in [0.1, 0.15) is 24.5 Å². The van der Waals surface area contributed by atoms with Gasteiger partial charge >= 0.3 is 18.4 Å². The standard InChI is InChI=1S/C14H12F6N2O3/c1-7-11(21-22-12(23)25-7)8-2-3-10(9(6-8)14(18,19)20)24-5-4-13(15,16)17/h2-3,6-7H,4-5H2,1H3,(H,22,23)/t7-/m0/s1. The number of hydrogen-bond acceptors (Lipinski definition) is 4. The van der Waals surface area contributed by atoms with Crippen LogP contribution >= 0.6 is 0 Å². The molecule has 1 aromatic rings. The van der Waals surface area contributed by atoms with E-state index in [1.807, 2.05) is 5.43 Å². The van der Waals surface area contributed by atoms with Gasteiger partial charge in [0, 0.05) is 5.56 Å². The molecule has 11 heteroatoms.